The fourth-order valence-corrected chi connectivity index (χ4v) is 8.21. The first-order valence-electron chi connectivity index (χ1n) is 17.1. The van der Waals surface area contributed by atoms with E-state index in [1.54, 1.807) is 47.9 Å². The Hall–Kier alpha value is -4.25. The van der Waals surface area contributed by atoms with Gasteiger partial charge in [0.15, 0.2) is 0 Å². The van der Waals surface area contributed by atoms with Crippen LogP contribution in [0.25, 0.3) is 73.6 Å². The summed E-state index contributed by atoms with van der Waals surface area (Å²) in [5.74, 6) is 0. The number of hydrogen-bond donors (Lipinski definition) is 0. The van der Waals surface area contributed by atoms with E-state index in [1.165, 1.54) is 47.2 Å². The van der Waals surface area contributed by atoms with Crippen molar-refractivity contribution in [3.05, 3.63) is 145 Å². The Balaban J connectivity index is 0.000000202. The van der Waals surface area contributed by atoms with Crippen LogP contribution in [0.2, 0.25) is 0 Å². The van der Waals surface area contributed by atoms with Crippen LogP contribution < -0.4 is 0 Å². The zero-order valence-corrected chi connectivity index (χ0v) is 27.6. The first-order valence-corrected chi connectivity index (χ1v) is 15.7. The van der Waals surface area contributed by atoms with E-state index in [1.807, 2.05) is 35.6 Å². The van der Waals surface area contributed by atoms with Crippen molar-refractivity contribution in [1.29, 1.82) is 0 Å². The average molecular weight is 797 g/mol. The minimum Gasteiger partial charge on any atom is -0.305 e. The smallest absolute Gasteiger partial charge is 0.0434 e. The van der Waals surface area contributed by atoms with Gasteiger partial charge < -0.3 is 9.97 Å². The first kappa shape index (κ1) is 23.1. The van der Waals surface area contributed by atoms with Crippen molar-refractivity contribution in [3.8, 4) is 22.5 Å². The summed E-state index contributed by atoms with van der Waals surface area (Å²) >= 11 is 3.58. The summed E-state index contributed by atoms with van der Waals surface area (Å²) in [6, 6.07) is 41.9. The van der Waals surface area contributed by atoms with Crippen LogP contribution in [0.1, 0.15) is 19.4 Å². The van der Waals surface area contributed by atoms with E-state index in [2.05, 4.69) is 76.7 Å². The van der Waals surface area contributed by atoms with Crippen molar-refractivity contribution in [2.75, 3.05) is 0 Å². The maximum Gasteiger partial charge on any atom is 0.0434 e. The summed E-state index contributed by atoms with van der Waals surface area (Å²) in [7, 11) is 0. The number of hydrogen-bond acceptors (Lipinski definition) is 4. The molecule has 0 bridgehead atoms. The quantitative estimate of drug-likeness (QED) is 0.163. The number of aryl methyl sites for hydroxylation is 2. The molecule has 219 valence electrons. The van der Waals surface area contributed by atoms with Crippen molar-refractivity contribution in [2.45, 2.75) is 13.7 Å². The number of fused-ring (bicyclic) bond motifs is 9. The Morgan fingerprint density at radius 1 is 0.578 bits per heavy atom. The number of aromatic nitrogens is 2. The zero-order valence-electron chi connectivity index (χ0n) is 29.6. The fourth-order valence-electron chi connectivity index (χ4n) is 5.65. The molecule has 4 aromatic heterocycles. The SMILES string of the molecule is [2H]C([2H])([2H])c1ccc(-c2[c-]cccc2)nc1.[2H]C([2H])([2H])c1ccnc(-c2[c-]ccc3c2sc2c3ccc3c2ccc2c4ccccc4sc23)c1.[Ir]. The van der Waals surface area contributed by atoms with Crippen LogP contribution in [0.3, 0.4) is 0 Å². The van der Waals surface area contributed by atoms with Gasteiger partial charge in [0.2, 0.25) is 0 Å². The van der Waals surface area contributed by atoms with Crippen molar-refractivity contribution in [2.24, 2.45) is 0 Å². The molecule has 0 N–H and O–H groups in total. The molecule has 0 aliphatic rings. The summed E-state index contributed by atoms with van der Waals surface area (Å²) in [5.41, 5.74) is 3.63. The zero-order chi connectivity index (χ0) is 34.6. The van der Waals surface area contributed by atoms with Crippen LogP contribution in [0.5, 0.6) is 0 Å². The van der Waals surface area contributed by atoms with Crippen LogP contribution in [0, 0.1) is 25.8 Å². The van der Waals surface area contributed by atoms with E-state index in [4.69, 9.17) is 8.22 Å². The van der Waals surface area contributed by atoms with E-state index < -0.39 is 13.7 Å². The van der Waals surface area contributed by atoms with Gasteiger partial charge in [0.1, 0.15) is 0 Å². The summed E-state index contributed by atoms with van der Waals surface area (Å²) in [6.45, 7) is -4.26. The minimum atomic E-state index is -2.17. The van der Waals surface area contributed by atoms with Gasteiger partial charge in [-0.2, -0.15) is 11.3 Å². The van der Waals surface area contributed by atoms with Gasteiger partial charge in [0.25, 0.3) is 0 Å². The average Bonchev–Trinajstić information content (AvgIpc) is 3.71. The number of benzene rings is 5. The summed E-state index contributed by atoms with van der Waals surface area (Å²) < 4.78 is 50.0. The van der Waals surface area contributed by atoms with E-state index in [0.29, 0.717) is 11.3 Å². The molecule has 2 nitrogen and oxygen atoms in total. The third-order valence-corrected chi connectivity index (χ3v) is 10.2. The Morgan fingerprint density at radius 3 is 2.04 bits per heavy atom. The van der Waals surface area contributed by atoms with Crippen LogP contribution in [-0.2, 0) is 20.1 Å². The number of nitrogens with zero attached hydrogens (tertiary/aromatic N) is 2. The van der Waals surface area contributed by atoms with E-state index in [-0.39, 0.29) is 25.7 Å². The molecule has 0 spiro atoms. The van der Waals surface area contributed by atoms with Gasteiger partial charge in [-0.05, 0) is 52.9 Å². The number of pyridine rings is 2. The van der Waals surface area contributed by atoms with Gasteiger partial charge in [-0.25, -0.2) is 0 Å². The predicted molar refractivity (Wildman–Crippen MR) is 190 cm³/mol. The second-order valence-corrected chi connectivity index (χ2v) is 12.5. The molecule has 0 fully saturated rings. The van der Waals surface area contributed by atoms with Gasteiger partial charge in [-0.15, -0.1) is 71.0 Å². The molecular formula is C40H26IrN2S2-2. The first-order chi connectivity index (χ1) is 24.1. The van der Waals surface area contributed by atoms with Crippen LogP contribution in [0.4, 0.5) is 0 Å². The Morgan fingerprint density at radius 2 is 1.31 bits per heavy atom. The third kappa shape index (κ3) is 5.37. The molecule has 5 aromatic carbocycles. The maximum absolute atomic E-state index is 7.78. The molecule has 5 heteroatoms. The standard InChI is InChI=1S/C28H16NS2.C12H10N.Ir/c1-16-13-14-29-24(15-16)23-7-4-6-18-20-11-12-21-22(27(20)31-28(18)23)10-9-19-17-5-2-3-8-25(17)30-26(19)21;1-10-7-8-12(13-9-10)11-5-3-2-4-6-11;/h2-6,8-15H,1H3;2-5,7-9H,1H3;/q2*-1;/i2*1D3;. The molecule has 0 aliphatic heterocycles. The molecule has 0 atom stereocenters. The molecular weight excluding hydrogens is 765 g/mol. The van der Waals surface area contributed by atoms with Crippen LogP contribution in [-0.4, -0.2) is 9.97 Å². The van der Waals surface area contributed by atoms with Gasteiger partial charge in [0, 0.05) is 76.4 Å². The monoisotopic (exact) mass is 797 g/mol. The van der Waals surface area contributed by atoms with E-state index in [0.717, 1.165) is 26.9 Å². The summed E-state index contributed by atoms with van der Waals surface area (Å²) in [4.78, 5) is 8.62. The normalized spacial score (nSPS) is 13.7. The molecule has 0 amide bonds. The number of thiophene rings is 2. The number of rotatable bonds is 2. The molecule has 4 heterocycles. The second kappa shape index (κ2) is 12.3. The Labute approximate surface area is 291 Å². The molecule has 0 saturated carbocycles. The summed E-state index contributed by atoms with van der Waals surface area (Å²) in [6.07, 6.45) is 2.97. The van der Waals surface area contributed by atoms with Gasteiger partial charge in [-0.3, -0.25) is 0 Å². The molecule has 1 radical (unpaired) electrons. The molecule has 9 aromatic rings. The summed E-state index contributed by atoms with van der Waals surface area (Å²) in [5, 5.41) is 7.47. The fraction of sp³-hybridized carbons (Fsp3) is 0.0500. The topological polar surface area (TPSA) is 25.8 Å². The van der Waals surface area contributed by atoms with Crippen molar-refractivity contribution >= 4 is 73.8 Å². The van der Waals surface area contributed by atoms with Gasteiger partial charge >= 0.3 is 0 Å². The minimum absolute atomic E-state index is 0. The van der Waals surface area contributed by atoms with Crippen LogP contribution in [0.15, 0.2) is 122 Å². The molecule has 0 aliphatic carbocycles. The molecule has 45 heavy (non-hydrogen) atoms. The van der Waals surface area contributed by atoms with Crippen molar-refractivity contribution < 1.29 is 28.3 Å². The third-order valence-electron chi connectivity index (χ3n) is 7.70. The second-order valence-electron chi connectivity index (χ2n) is 10.4. The van der Waals surface area contributed by atoms with Crippen molar-refractivity contribution in [1.82, 2.24) is 9.97 Å². The Kier molecular flexibility index (Phi) is 6.31. The van der Waals surface area contributed by atoms with Crippen molar-refractivity contribution in [3.63, 3.8) is 0 Å². The Bertz CT molecular complexity index is 2680. The molecule has 0 saturated heterocycles. The van der Waals surface area contributed by atoms with Gasteiger partial charge in [0.05, 0.1) is 0 Å². The molecule has 0 unspecified atom stereocenters. The van der Waals surface area contributed by atoms with E-state index >= 15 is 0 Å². The van der Waals surface area contributed by atoms with E-state index in [9.17, 15) is 0 Å². The maximum atomic E-state index is 7.78. The van der Waals surface area contributed by atoms with Gasteiger partial charge in [-0.1, -0.05) is 71.6 Å². The van der Waals surface area contributed by atoms with Crippen LogP contribution >= 0.6 is 22.7 Å². The predicted octanol–water partition coefficient (Wildman–Crippen LogP) is 11.6. The largest absolute Gasteiger partial charge is 0.305 e. The molecule has 9 rings (SSSR count).